The van der Waals surface area contributed by atoms with Gasteiger partial charge in [-0.2, -0.15) is 0 Å². The molecule has 2 rings (SSSR count). The zero-order valence-electron chi connectivity index (χ0n) is 33.5. The number of amides is 6. The van der Waals surface area contributed by atoms with Crippen LogP contribution in [0.25, 0.3) is 0 Å². The Morgan fingerprint density at radius 2 is 1.53 bits per heavy atom. The van der Waals surface area contributed by atoms with Crippen LogP contribution < -0.4 is 43.0 Å². The second-order valence-electron chi connectivity index (χ2n) is 14.8. The van der Waals surface area contributed by atoms with Gasteiger partial charge in [-0.15, -0.1) is 0 Å². The van der Waals surface area contributed by atoms with Gasteiger partial charge in [-0.3, -0.25) is 38.8 Å². The van der Waals surface area contributed by atoms with Crippen LogP contribution in [-0.4, -0.2) is 124 Å². The van der Waals surface area contributed by atoms with Gasteiger partial charge in [-0.05, 0) is 25.7 Å². The second kappa shape index (κ2) is 27.5. The molecule has 0 saturated heterocycles. The van der Waals surface area contributed by atoms with Crippen LogP contribution in [0, 0.1) is 5.92 Å². The van der Waals surface area contributed by atoms with E-state index < -0.39 is 66.2 Å². The van der Waals surface area contributed by atoms with E-state index in [-0.39, 0.29) is 37.8 Å². The summed E-state index contributed by atoms with van der Waals surface area (Å²) in [5.74, 6) is -3.92. The lowest BCUT2D eigenvalue weighted by Gasteiger charge is -2.27. The van der Waals surface area contributed by atoms with E-state index in [1.54, 1.807) is 20.2 Å². The van der Waals surface area contributed by atoms with E-state index in [0.29, 0.717) is 38.5 Å². The molecule has 5 unspecified atom stereocenters. The zero-order valence-corrected chi connectivity index (χ0v) is 33.5. The van der Waals surface area contributed by atoms with Crippen LogP contribution in [0.15, 0.2) is 9.98 Å². The second-order valence-corrected chi connectivity index (χ2v) is 14.8. The molecule has 0 aliphatic carbocycles. The highest BCUT2D eigenvalue weighted by atomic mass is 16.5. The quantitative estimate of drug-likeness (QED) is 0.0488. The molecule has 5 atom stereocenters. The SMILES string of the molecule is CCCCCCCCCCCCOCCC(=O)NC(CC1CN=CN1)C(=O)NCC(=O)NC(C(=O)NC(CC1=NCCNC1)C(=O)NC(C)C(N)=O)C(C)C. The molecule has 2 aliphatic heterocycles. The highest BCUT2D eigenvalue weighted by Gasteiger charge is 2.32. The number of ether oxygens (including phenoxy) is 1. The van der Waals surface area contributed by atoms with E-state index in [4.69, 9.17) is 10.5 Å². The minimum absolute atomic E-state index is 0.0877. The van der Waals surface area contributed by atoms with Crippen molar-refractivity contribution >= 4 is 47.5 Å². The fourth-order valence-corrected chi connectivity index (χ4v) is 6.13. The molecule has 17 heteroatoms. The molecule has 0 saturated carbocycles. The number of unbranched alkanes of at least 4 members (excludes halogenated alkanes) is 9. The van der Waals surface area contributed by atoms with E-state index in [1.807, 2.05) is 0 Å². The molecule has 0 aromatic rings. The molecule has 0 radical (unpaired) electrons. The normalized spacial score (nSPS) is 17.3. The molecule has 2 heterocycles. The van der Waals surface area contributed by atoms with E-state index in [9.17, 15) is 28.8 Å². The Bertz CT molecular complexity index is 1270. The number of hydrogen-bond acceptors (Lipinski definition) is 11. The van der Waals surface area contributed by atoms with Crippen molar-refractivity contribution in [3.8, 4) is 0 Å². The lowest BCUT2D eigenvalue weighted by Crippen LogP contribution is -2.58. The minimum atomic E-state index is -1.09. The highest BCUT2D eigenvalue weighted by Crippen LogP contribution is 2.11. The van der Waals surface area contributed by atoms with Crippen LogP contribution in [0.1, 0.15) is 111 Å². The van der Waals surface area contributed by atoms with Crippen molar-refractivity contribution in [3.05, 3.63) is 0 Å². The molecule has 17 nitrogen and oxygen atoms in total. The number of nitrogens with zero attached hydrogens (tertiary/aromatic N) is 2. The molecule has 312 valence electrons. The fourth-order valence-electron chi connectivity index (χ4n) is 6.13. The monoisotopic (exact) mass is 777 g/mol. The Hall–Kier alpha value is -4.12. The predicted molar refractivity (Wildman–Crippen MR) is 212 cm³/mol. The first-order chi connectivity index (χ1) is 26.4. The van der Waals surface area contributed by atoms with Gasteiger partial charge < -0.3 is 47.7 Å². The van der Waals surface area contributed by atoms with Crippen molar-refractivity contribution in [2.75, 3.05) is 45.9 Å². The van der Waals surface area contributed by atoms with Gasteiger partial charge in [0.1, 0.15) is 24.2 Å². The number of nitrogens with two attached hydrogens (primary N) is 1. The number of carbonyl (C=O) groups is 6. The summed E-state index contributed by atoms with van der Waals surface area (Å²) in [5, 5.41) is 19.4. The Labute approximate surface area is 326 Å². The van der Waals surface area contributed by atoms with Crippen LogP contribution in [0.2, 0.25) is 0 Å². The predicted octanol–water partition coefficient (Wildman–Crippen LogP) is 0.355. The van der Waals surface area contributed by atoms with Crippen molar-refractivity contribution in [2.24, 2.45) is 21.6 Å². The Morgan fingerprint density at radius 1 is 0.836 bits per heavy atom. The molecular weight excluding hydrogens is 708 g/mol. The summed E-state index contributed by atoms with van der Waals surface area (Å²) in [5.41, 5.74) is 5.99. The van der Waals surface area contributed by atoms with E-state index >= 15 is 0 Å². The van der Waals surface area contributed by atoms with Crippen LogP contribution in [0.5, 0.6) is 0 Å². The first kappa shape index (κ1) is 47.0. The van der Waals surface area contributed by atoms with Crippen LogP contribution in [0.4, 0.5) is 0 Å². The highest BCUT2D eigenvalue weighted by molar-refractivity contribution is 5.98. The topological polar surface area (TPSA) is 247 Å². The van der Waals surface area contributed by atoms with Crippen LogP contribution >= 0.6 is 0 Å². The van der Waals surface area contributed by atoms with Gasteiger partial charge in [0.2, 0.25) is 35.4 Å². The van der Waals surface area contributed by atoms with Crippen LogP contribution in [0.3, 0.4) is 0 Å². The molecule has 6 amide bonds. The van der Waals surface area contributed by atoms with Gasteiger partial charge in [0.25, 0.3) is 0 Å². The third-order valence-corrected chi connectivity index (χ3v) is 9.52. The van der Waals surface area contributed by atoms with Gasteiger partial charge in [-0.1, -0.05) is 78.6 Å². The lowest BCUT2D eigenvalue weighted by atomic mass is 10.0. The number of aliphatic imine (C=N–C) groups is 2. The molecule has 2 aliphatic rings. The summed E-state index contributed by atoms with van der Waals surface area (Å²) < 4.78 is 5.68. The zero-order chi connectivity index (χ0) is 40.4. The maximum Gasteiger partial charge on any atom is 0.243 e. The number of nitrogens with one attached hydrogen (secondary N) is 7. The maximum atomic E-state index is 13.5. The lowest BCUT2D eigenvalue weighted by molar-refractivity contribution is -0.134. The van der Waals surface area contributed by atoms with E-state index in [2.05, 4.69) is 54.1 Å². The summed E-state index contributed by atoms with van der Waals surface area (Å²) in [6, 6.07) is -4.23. The smallest absolute Gasteiger partial charge is 0.243 e. The van der Waals surface area contributed by atoms with E-state index in [1.165, 1.54) is 58.3 Å². The molecule has 0 aromatic heterocycles. The number of carbonyl (C=O) groups excluding carboxylic acids is 6. The number of rotatable bonds is 29. The summed E-state index contributed by atoms with van der Waals surface area (Å²) in [6.07, 6.45) is 14.3. The number of hydrogen-bond donors (Lipinski definition) is 8. The van der Waals surface area contributed by atoms with Gasteiger partial charge >= 0.3 is 0 Å². The molecule has 0 spiro atoms. The van der Waals surface area contributed by atoms with Crippen molar-refractivity contribution in [2.45, 2.75) is 141 Å². The first-order valence-corrected chi connectivity index (χ1v) is 20.2. The van der Waals surface area contributed by atoms with Crippen LogP contribution in [-0.2, 0) is 33.5 Å². The largest absolute Gasteiger partial charge is 0.381 e. The third kappa shape index (κ3) is 20.4. The summed E-state index contributed by atoms with van der Waals surface area (Å²) in [4.78, 5) is 85.9. The van der Waals surface area contributed by atoms with Gasteiger partial charge in [0.15, 0.2) is 0 Å². The van der Waals surface area contributed by atoms with Crippen molar-refractivity contribution in [1.29, 1.82) is 0 Å². The Morgan fingerprint density at radius 3 is 2.13 bits per heavy atom. The summed E-state index contributed by atoms with van der Waals surface area (Å²) in [7, 11) is 0. The Balaban J connectivity index is 1.86. The van der Waals surface area contributed by atoms with Crippen molar-refractivity contribution < 1.29 is 33.5 Å². The average Bonchev–Trinajstić information content (AvgIpc) is 3.67. The first-order valence-electron chi connectivity index (χ1n) is 20.2. The molecule has 0 aromatic carbocycles. The Kier molecular flexibility index (Phi) is 23.5. The molecule has 9 N–H and O–H groups in total. The van der Waals surface area contributed by atoms with E-state index in [0.717, 1.165) is 12.8 Å². The fraction of sp³-hybridized carbons (Fsp3) is 0.789. The number of primary amides is 1. The molecule has 55 heavy (non-hydrogen) atoms. The van der Waals surface area contributed by atoms with Gasteiger partial charge in [0.05, 0.1) is 32.6 Å². The average molecular weight is 777 g/mol. The van der Waals surface area contributed by atoms with Crippen molar-refractivity contribution in [1.82, 2.24) is 37.2 Å². The van der Waals surface area contributed by atoms with Gasteiger partial charge in [0, 0.05) is 44.3 Å². The van der Waals surface area contributed by atoms with Crippen molar-refractivity contribution in [3.63, 3.8) is 0 Å². The maximum absolute atomic E-state index is 13.5. The minimum Gasteiger partial charge on any atom is -0.381 e. The molecule has 0 fully saturated rings. The summed E-state index contributed by atoms with van der Waals surface area (Å²) in [6.45, 7) is 9.57. The summed E-state index contributed by atoms with van der Waals surface area (Å²) >= 11 is 0. The molecule has 0 bridgehead atoms. The van der Waals surface area contributed by atoms with Gasteiger partial charge in [-0.25, -0.2) is 0 Å². The third-order valence-electron chi connectivity index (χ3n) is 9.52. The molecular formula is C38H68N10O7. The standard InChI is InChI=1S/C38H68N10O7/c1-5-6-7-8-9-10-11-12-13-14-18-55-19-15-32(49)46-30(21-29-23-41-25-44-29)36(52)43-24-33(50)48-34(26(2)3)38(54)47-31(20-28-22-40-16-17-42-28)37(53)45-27(4)35(39)51/h25-27,29-31,34,40H,5-24H2,1-4H3,(H2,39,51)(H,41,44)(H,43,52)(H,45,53)(H,46,49)(H,47,54)(H,48,50).